The van der Waals surface area contributed by atoms with Gasteiger partial charge in [0.2, 0.25) is 0 Å². The third kappa shape index (κ3) is 2.99. The van der Waals surface area contributed by atoms with Crippen molar-refractivity contribution < 1.29 is 4.39 Å². The summed E-state index contributed by atoms with van der Waals surface area (Å²) < 4.78 is 15.7. The Morgan fingerprint density at radius 1 is 1.28 bits per heavy atom. The third-order valence-electron chi connectivity index (χ3n) is 3.16. The van der Waals surface area contributed by atoms with Gasteiger partial charge in [0.15, 0.2) is 0 Å². The van der Waals surface area contributed by atoms with E-state index in [9.17, 15) is 4.39 Å². The van der Waals surface area contributed by atoms with Gasteiger partial charge in [0, 0.05) is 37.1 Å². The Morgan fingerprint density at radius 2 is 2.06 bits per heavy atom. The van der Waals surface area contributed by atoms with E-state index >= 15 is 0 Å². The highest BCUT2D eigenvalue weighted by atomic mass is 19.1. The molecule has 2 rings (SSSR count). The molecule has 2 nitrogen and oxygen atoms in total. The zero-order chi connectivity index (χ0) is 13.0. The van der Waals surface area contributed by atoms with E-state index in [1.807, 2.05) is 19.1 Å². The molecule has 1 N–H and O–H groups in total. The minimum absolute atomic E-state index is 0.0103. The number of rotatable bonds is 5. The van der Waals surface area contributed by atoms with Crippen LogP contribution in [0.15, 0.2) is 42.7 Å². The predicted molar refractivity (Wildman–Crippen MR) is 71.8 cm³/mol. The molecule has 1 heterocycles. The zero-order valence-electron chi connectivity index (χ0n) is 10.9. The van der Waals surface area contributed by atoms with Crippen molar-refractivity contribution in [3.05, 3.63) is 59.7 Å². The van der Waals surface area contributed by atoms with E-state index in [0.29, 0.717) is 5.56 Å². The molecular formula is C15H19FN2. The van der Waals surface area contributed by atoms with Crippen LogP contribution in [0.5, 0.6) is 0 Å². The van der Waals surface area contributed by atoms with Gasteiger partial charge >= 0.3 is 0 Å². The lowest BCUT2D eigenvalue weighted by Crippen LogP contribution is -2.18. The van der Waals surface area contributed by atoms with Gasteiger partial charge in [-0.1, -0.05) is 18.2 Å². The first-order valence-electron chi connectivity index (χ1n) is 6.33. The highest BCUT2D eigenvalue weighted by Crippen LogP contribution is 2.16. The van der Waals surface area contributed by atoms with Crippen LogP contribution in [0.25, 0.3) is 0 Å². The highest BCUT2D eigenvalue weighted by molar-refractivity contribution is 5.21. The van der Waals surface area contributed by atoms with Gasteiger partial charge in [0.1, 0.15) is 5.82 Å². The molecule has 96 valence electrons. The van der Waals surface area contributed by atoms with Crippen LogP contribution in [0.4, 0.5) is 4.39 Å². The fourth-order valence-electron chi connectivity index (χ4n) is 2.00. The molecule has 0 spiro atoms. The Kier molecular flexibility index (Phi) is 4.15. The molecule has 0 aliphatic heterocycles. The molecule has 0 unspecified atom stereocenters. The van der Waals surface area contributed by atoms with Crippen LogP contribution >= 0.6 is 0 Å². The molecule has 0 saturated heterocycles. The fourth-order valence-corrected chi connectivity index (χ4v) is 2.00. The third-order valence-corrected chi connectivity index (χ3v) is 3.16. The van der Waals surface area contributed by atoms with Crippen molar-refractivity contribution in [3.63, 3.8) is 0 Å². The van der Waals surface area contributed by atoms with Crippen LogP contribution in [0.2, 0.25) is 0 Å². The molecular weight excluding hydrogens is 227 g/mol. The summed E-state index contributed by atoms with van der Waals surface area (Å²) >= 11 is 0. The summed E-state index contributed by atoms with van der Waals surface area (Å²) in [7, 11) is 0. The van der Waals surface area contributed by atoms with Gasteiger partial charge in [-0.3, -0.25) is 0 Å². The SMILES string of the molecule is CCn1ccc(CN[C@H](C)c2ccccc2F)c1. The first kappa shape index (κ1) is 12.8. The van der Waals surface area contributed by atoms with Crippen LogP contribution < -0.4 is 5.32 Å². The number of hydrogen-bond acceptors (Lipinski definition) is 1. The maximum Gasteiger partial charge on any atom is 0.127 e. The zero-order valence-corrected chi connectivity index (χ0v) is 10.9. The first-order valence-corrected chi connectivity index (χ1v) is 6.33. The molecule has 1 aromatic carbocycles. The Labute approximate surface area is 107 Å². The van der Waals surface area contributed by atoms with Crippen LogP contribution in [0.3, 0.4) is 0 Å². The normalized spacial score (nSPS) is 12.6. The van der Waals surface area contributed by atoms with Crippen molar-refractivity contribution in [2.45, 2.75) is 33.0 Å². The fraction of sp³-hybridized carbons (Fsp3) is 0.333. The van der Waals surface area contributed by atoms with Gasteiger partial charge in [0.25, 0.3) is 0 Å². The smallest absolute Gasteiger partial charge is 0.127 e. The number of aryl methyl sites for hydroxylation is 1. The molecule has 0 aliphatic rings. The molecule has 3 heteroatoms. The largest absolute Gasteiger partial charge is 0.354 e. The average Bonchev–Trinajstić information content (AvgIpc) is 2.84. The van der Waals surface area contributed by atoms with Crippen LogP contribution in [0, 0.1) is 5.82 Å². The first-order chi connectivity index (χ1) is 8.70. The van der Waals surface area contributed by atoms with Gasteiger partial charge in [0.05, 0.1) is 0 Å². The van der Waals surface area contributed by atoms with E-state index in [2.05, 4.69) is 35.3 Å². The van der Waals surface area contributed by atoms with Crippen molar-refractivity contribution in [2.75, 3.05) is 0 Å². The summed E-state index contributed by atoms with van der Waals surface area (Å²) in [5.41, 5.74) is 1.94. The second-order valence-electron chi connectivity index (χ2n) is 4.47. The second kappa shape index (κ2) is 5.83. The maximum atomic E-state index is 13.6. The van der Waals surface area contributed by atoms with Crippen molar-refractivity contribution in [1.82, 2.24) is 9.88 Å². The Hall–Kier alpha value is -1.61. The lowest BCUT2D eigenvalue weighted by molar-refractivity contribution is 0.528. The summed E-state index contributed by atoms with van der Waals surface area (Å²) in [5.74, 6) is -0.149. The molecule has 1 aromatic heterocycles. The molecule has 2 aromatic rings. The van der Waals surface area contributed by atoms with Crippen molar-refractivity contribution in [2.24, 2.45) is 0 Å². The number of nitrogens with one attached hydrogen (secondary N) is 1. The second-order valence-corrected chi connectivity index (χ2v) is 4.47. The van der Waals surface area contributed by atoms with E-state index in [1.165, 1.54) is 11.6 Å². The molecule has 0 aliphatic carbocycles. The number of hydrogen-bond donors (Lipinski definition) is 1. The lowest BCUT2D eigenvalue weighted by Gasteiger charge is -2.14. The standard InChI is InChI=1S/C15H19FN2/c1-3-18-9-8-13(11-18)10-17-12(2)14-6-4-5-7-15(14)16/h4-9,11-12,17H,3,10H2,1-2H3/t12-/m1/s1. The van der Waals surface area contributed by atoms with Crippen molar-refractivity contribution >= 4 is 0 Å². The van der Waals surface area contributed by atoms with Crippen molar-refractivity contribution in [3.8, 4) is 0 Å². The van der Waals surface area contributed by atoms with Crippen molar-refractivity contribution in [1.29, 1.82) is 0 Å². The molecule has 0 bridgehead atoms. The minimum atomic E-state index is -0.149. The molecule has 0 saturated carbocycles. The lowest BCUT2D eigenvalue weighted by atomic mass is 10.1. The van der Waals surface area contributed by atoms with E-state index in [0.717, 1.165) is 13.1 Å². The van der Waals surface area contributed by atoms with Gasteiger partial charge in [-0.25, -0.2) is 4.39 Å². The topological polar surface area (TPSA) is 17.0 Å². The summed E-state index contributed by atoms with van der Waals surface area (Å²) in [4.78, 5) is 0. The van der Waals surface area contributed by atoms with Gasteiger partial charge < -0.3 is 9.88 Å². The molecule has 0 fully saturated rings. The van der Waals surface area contributed by atoms with E-state index in [1.54, 1.807) is 6.07 Å². The Balaban J connectivity index is 1.96. The van der Waals surface area contributed by atoms with Gasteiger partial charge in [-0.05, 0) is 31.5 Å². The van der Waals surface area contributed by atoms with Crippen LogP contribution in [0.1, 0.15) is 31.0 Å². The summed E-state index contributed by atoms with van der Waals surface area (Å²) in [5, 5.41) is 3.34. The Bertz CT molecular complexity index is 505. The van der Waals surface area contributed by atoms with Crippen LogP contribution in [-0.4, -0.2) is 4.57 Å². The highest BCUT2D eigenvalue weighted by Gasteiger charge is 2.09. The number of nitrogens with zero attached hydrogens (tertiary/aromatic N) is 1. The predicted octanol–water partition coefficient (Wildman–Crippen LogP) is 3.50. The monoisotopic (exact) mass is 246 g/mol. The minimum Gasteiger partial charge on any atom is -0.354 e. The van der Waals surface area contributed by atoms with Gasteiger partial charge in [-0.15, -0.1) is 0 Å². The van der Waals surface area contributed by atoms with E-state index in [-0.39, 0.29) is 11.9 Å². The number of aromatic nitrogens is 1. The van der Waals surface area contributed by atoms with E-state index < -0.39 is 0 Å². The van der Waals surface area contributed by atoms with Crippen LogP contribution in [-0.2, 0) is 13.1 Å². The molecule has 1 atom stereocenters. The Morgan fingerprint density at radius 3 is 2.72 bits per heavy atom. The summed E-state index contributed by atoms with van der Waals surface area (Å²) in [6.45, 7) is 5.82. The van der Waals surface area contributed by atoms with Gasteiger partial charge in [-0.2, -0.15) is 0 Å². The maximum absolute atomic E-state index is 13.6. The molecule has 0 amide bonds. The van der Waals surface area contributed by atoms with E-state index in [4.69, 9.17) is 0 Å². The molecule has 18 heavy (non-hydrogen) atoms. The number of benzene rings is 1. The quantitative estimate of drug-likeness (QED) is 0.854. The average molecular weight is 246 g/mol. The summed E-state index contributed by atoms with van der Waals surface area (Å²) in [6, 6.07) is 9.00. The number of halogens is 1. The molecule has 0 radical (unpaired) electrons. The summed E-state index contributed by atoms with van der Waals surface area (Å²) in [6.07, 6.45) is 4.17.